The van der Waals surface area contributed by atoms with Gasteiger partial charge in [-0.2, -0.15) is 0 Å². The van der Waals surface area contributed by atoms with Crippen LogP contribution in [0.4, 0.5) is 0 Å². The summed E-state index contributed by atoms with van der Waals surface area (Å²) in [6.07, 6.45) is 4.63. The number of halogens is 1. The molecule has 2 aromatic heterocycles. The SMILES string of the molecule is O=C(NCc1cccnc1)c1ncoc1-c1ccc(Cl)cc1. The van der Waals surface area contributed by atoms with Crippen LogP contribution in [0, 0.1) is 0 Å². The molecule has 0 aliphatic rings. The molecule has 2 heterocycles. The first kappa shape index (κ1) is 14.3. The third-order valence-electron chi connectivity index (χ3n) is 3.06. The van der Waals surface area contributed by atoms with E-state index in [0.29, 0.717) is 17.3 Å². The standard InChI is InChI=1S/C16H12ClN3O2/c17-13-5-3-12(4-6-13)15-14(20-10-22-15)16(21)19-9-11-2-1-7-18-8-11/h1-8,10H,9H2,(H,19,21). The second-order valence-corrected chi connectivity index (χ2v) is 5.02. The van der Waals surface area contributed by atoms with Gasteiger partial charge in [0.05, 0.1) is 0 Å². The maximum Gasteiger partial charge on any atom is 0.274 e. The zero-order valence-electron chi connectivity index (χ0n) is 11.5. The van der Waals surface area contributed by atoms with Crippen LogP contribution in [0.25, 0.3) is 11.3 Å². The molecule has 0 saturated heterocycles. The molecule has 6 heteroatoms. The number of nitrogens with zero attached hydrogens (tertiary/aromatic N) is 2. The normalized spacial score (nSPS) is 10.4. The van der Waals surface area contributed by atoms with Crippen LogP contribution < -0.4 is 5.32 Å². The highest BCUT2D eigenvalue weighted by atomic mass is 35.5. The molecule has 1 amide bonds. The third-order valence-corrected chi connectivity index (χ3v) is 3.32. The molecule has 5 nitrogen and oxygen atoms in total. The first-order valence-corrected chi connectivity index (χ1v) is 6.98. The van der Waals surface area contributed by atoms with Gasteiger partial charge in [-0.25, -0.2) is 4.98 Å². The first-order chi connectivity index (χ1) is 10.7. The highest BCUT2D eigenvalue weighted by Gasteiger charge is 2.17. The lowest BCUT2D eigenvalue weighted by atomic mass is 10.1. The molecular formula is C16H12ClN3O2. The minimum atomic E-state index is -0.303. The molecule has 0 aliphatic heterocycles. The lowest BCUT2D eigenvalue weighted by molar-refractivity contribution is 0.0946. The van der Waals surface area contributed by atoms with E-state index in [9.17, 15) is 4.79 Å². The molecule has 1 aromatic carbocycles. The van der Waals surface area contributed by atoms with Gasteiger partial charge in [-0.15, -0.1) is 0 Å². The van der Waals surface area contributed by atoms with E-state index in [0.717, 1.165) is 11.1 Å². The van der Waals surface area contributed by atoms with E-state index < -0.39 is 0 Å². The van der Waals surface area contributed by atoms with Crippen molar-refractivity contribution in [2.24, 2.45) is 0 Å². The number of nitrogens with one attached hydrogen (secondary N) is 1. The number of aromatic nitrogens is 2. The molecule has 0 bridgehead atoms. The van der Waals surface area contributed by atoms with E-state index in [2.05, 4.69) is 15.3 Å². The highest BCUT2D eigenvalue weighted by molar-refractivity contribution is 6.30. The fourth-order valence-corrected chi connectivity index (χ4v) is 2.11. The minimum absolute atomic E-state index is 0.242. The zero-order chi connectivity index (χ0) is 15.4. The highest BCUT2D eigenvalue weighted by Crippen LogP contribution is 2.24. The zero-order valence-corrected chi connectivity index (χ0v) is 12.2. The second-order valence-electron chi connectivity index (χ2n) is 4.58. The second kappa shape index (κ2) is 6.41. The van der Waals surface area contributed by atoms with E-state index in [4.69, 9.17) is 16.0 Å². The van der Waals surface area contributed by atoms with E-state index in [1.165, 1.54) is 6.39 Å². The molecule has 0 radical (unpaired) electrons. The molecular weight excluding hydrogens is 302 g/mol. The summed E-state index contributed by atoms with van der Waals surface area (Å²) in [6, 6.07) is 10.7. The lowest BCUT2D eigenvalue weighted by Gasteiger charge is -2.04. The maximum absolute atomic E-state index is 12.3. The molecule has 110 valence electrons. The fourth-order valence-electron chi connectivity index (χ4n) is 1.98. The minimum Gasteiger partial charge on any atom is -0.443 e. The van der Waals surface area contributed by atoms with Crippen LogP contribution in [0.2, 0.25) is 5.02 Å². The number of benzene rings is 1. The van der Waals surface area contributed by atoms with E-state index in [1.807, 2.05) is 12.1 Å². The third kappa shape index (κ3) is 3.15. The van der Waals surface area contributed by atoms with Crippen molar-refractivity contribution in [2.75, 3.05) is 0 Å². The Labute approximate surface area is 132 Å². The maximum atomic E-state index is 12.3. The van der Waals surface area contributed by atoms with E-state index in [-0.39, 0.29) is 11.6 Å². The van der Waals surface area contributed by atoms with Crippen molar-refractivity contribution in [1.29, 1.82) is 0 Å². The largest absolute Gasteiger partial charge is 0.443 e. The summed E-state index contributed by atoms with van der Waals surface area (Å²) in [7, 11) is 0. The van der Waals surface area contributed by atoms with Gasteiger partial charge in [-0.1, -0.05) is 17.7 Å². The average molecular weight is 314 g/mol. The number of amides is 1. The van der Waals surface area contributed by atoms with Crippen LogP contribution >= 0.6 is 11.6 Å². The Morgan fingerprint density at radius 1 is 1.23 bits per heavy atom. The molecule has 0 fully saturated rings. The van der Waals surface area contributed by atoms with Gasteiger partial charge in [-0.3, -0.25) is 9.78 Å². The van der Waals surface area contributed by atoms with Gasteiger partial charge < -0.3 is 9.73 Å². The van der Waals surface area contributed by atoms with Gasteiger partial charge in [0.25, 0.3) is 5.91 Å². The summed E-state index contributed by atoms with van der Waals surface area (Å²) in [5.74, 6) is 0.114. The number of carbonyl (C=O) groups is 1. The van der Waals surface area contributed by atoms with E-state index >= 15 is 0 Å². The molecule has 0 atom stereocenters. The molecule has 3 rings (SSSR count). The molecule has 0 aliphatic carbocycles. The Morgan fingerprint density at radius 3 is 2.77 bits per heavy atom. The summed E-state index contributed by atoms with van der Waals surface area (Å²) < 4.78 is 5.34. The van der Waals surface area contributed by atoms with Crippen LogP contribution in [-0.4, -0.2) is 15.9 Å². The van der Waals surface area contributed by atoms with Crippen LogP contribution in [0.5, 0.6) is 0 Å². The number of oxazole rings is 1. The lowest BCUT2D eigenvalue weighted by Crippen LogP contribution is -2.23. The smallest absolute Gasteiger partial charge is 0.274 e. The number of carbonyl (C=O) groups excluding carboxylic acids is 1. The fraction of sp³-hybridized carbons (Fsp3) is 0.0625. The van der Waals surface area contributed by atoms with Crippen LogP contribution in [0.15, 0.2) is 59.6 Å². The van der Waals surface area contributed by atoms with Gasteiger partial charge in [0.2, 0.25) is 0 Å². The van der Waals surface area contributed by atoms with Crippen molar-refractivity contribution in [3.8, 4) is 11.3 Å². The summed E-state index contributed by atoms with van der Waals surface area (Å²) >= 11 is 5.86. The molecule has 0 unspecified atom stereocenters. The van der Waals surface area contributed by atoms with Crippen molar-refractivity contribution in [1.82, 2.24) is 15.3 Å². The number of pyridine rings is 1. The average Bonchev–Trinajstić information content (AvgIpc) is 3.04. The quantitative estimate of drug-likeness (QED) is 0.802. The monoisotopic (exact) mass is 313 g/mol. The number of rotatable bonds is 4. The molecule has 1 N–H and O–H groups in total. The van der Waals surface area contributed by atoms with Gasteiger partial charge in [-0.05, 0) is 35.9 Å². The van der Waals surface area contributed by atoms with Crippen LogP contribution in [0.1, 0.15) is 16.1 Å². The molecule has 22 heavy (non-hydrogen) atoms. The summed E-state index contributed by atoms with van der Waals surface area (Å²) in [5, 5.41) is 3.41. The number of hydrogen-bond donors (Lipinski definition) is 1. The molecule has 3 aromatic rings. The number of hydrogen-bond acceptors (Lipinski definition) is 4. The van der Waals surface area contributed by atoms with Gasteiger partial charge >= 0.3 is 0 Å². The van der Waals surface area contributed by atoms with Crippen molar-refractivity contribution >= 4 is 17.5 Å². The summed E-state index contributed by atoms with van der Waals surface area (Å²) in [5.41, 5.74) is 1.90. The van der Waals surface area contributed by atoms with Gasteiger partial charge in [0.15, 0.2) is 17.8 Å². The van der Waals surface area contributed by atoms with Crippen molar-refractivity contribution < 1.29 is 9.21 Å². The van der Waals surface area contributed by atoms with Crippen molar-refractivity contribution in [3.05, 3.63) is 71.5 Å². The molecule has 0 spiro atoms. The van der Waals surface area contributed by atoms with Gasteiger partial charge in [0, 0.05) is 29.5 Å². The van der Waals surface area contributed by atoms with Crippen LogP contribution in [-0.2, 0) is 6.54 Å². The predicted octanol–water partition coefficient (Wildman–Crippen LogP) is 3.32. The first-order valence-electron chi connectivity index (χ1n) is 6.60. The van der Waals surface area contributed by atoms with Crippen molar-refractivity contribution in [3.63, 3.8) is 0 Å². The Bertz CT molecular complexity index is 770. The Morgan fingerprint density at radius 2 is 2.05 bits per heavy atom. The van der Waals surface area contributed by atoms with Crippen LogP contribution in [0.3, 0.4) is 0 Å². The molecule has 0 saturated carbocycles. The summed E-state index contributed by atoms with van der Waals surface area (Å²) in [4.78, 5) is 20.3. The van der Waals surface area contributed by atoms with Gasteiger partial charge in [0.1, 0.15) is 0 Å². The topological polar surface area (TPSA) is 68.0 Å². The van der Waals surface area contributed by atoms with Crippen molar-refractivity contribution in [2.45, 2.75) is 6.54 Å². The summed E-state index contributed by atoms with van der Waals surface area (Å²) in [6.45, 7) is 0.375. The Kier molecular flexibility index (Phi) is 4.16. The Hall–Kier alpha value is -2.66. The van der Waals surface area contributed by atoms with E-state index in [1.54, 1.807) is 36.7 Å². The Balaban J connectivity index is 1.76. The predicted molar refractivity (Wildman–Crippen MR) is 82.4 cm³/mol.